The fraction of sp³-hybridized carbons (Fsp3) is 0.619. The Kier molecular flexibility index (Phi) is 8.91. The highest BCUT2D eigenvalue weighted by atomic mass is 16.6. The van der Waals surface area contributed by atoms with E-state index < -0.39 is 35.7 Å². The third kappa shape index (κ3) is 7.48. The van der Waals surface area contributed by atoms with E-state index in [4.69, 9.17) is 15.6 Å². The minimum atomic E-state index is -1.08. The van der Waals surface area contributed by atoms with Gasteiger partial charge in [0.05, 0.1) is 18.1 Å². The van der Waals surface area contributed by atoms with Gasteiger partial charge < -0.3 is 25.6 Å². The predicted octanol–water partition coefficient (Wildman–Crippen LogP) is 3.17. The summed E-state index contributed by atoms with van der Waals surface area (Å²) in [7, 11) is 0. The largest absolute Gasteiger partial charge is 0.481 e. The molecule has 1 fully saturated rings. The molecule has 4 atom stereocenters. The molecule has 1 amide bonds. The second kappa shape index (κ2) is 10.4. The van der Waals surface area contributed by atoms with Gasteiger partial charge in [0.2, 0.25) is 0 Å². The van der Waals surface area contributed by atoms with Crippen LogP contribution in [-0.2, 0) is 9.53 Å². The van der Waals surface area contributed by atoms with Gasteiger partial charge in [-0.25, -0.2) is 4.79 Å². The average molecular weight is 395 g/mol. The lowest BCUT2D eigenvalue weighted by Crippen LogP contribution is -2.48. The maximum absolute atomic E-state index is 12.0. The molecule has 0 bridgehead atoms. The summed E-state index contributed by atoms with van der Waals surface area (Å²) in [6, 6.07) is 9.73. The van der Waals surface area contributed by atoms with Crippen LogP contribution in [0.5, 0.6) is 0 Å². The number of rotatable bonds is 4. The number of carbonyl (C=O) groups excluding carboxylic acids is 1. The highest BCUT2D eigenvalue weighted by molar-refractivity contribution is 5.71. The number of carboxylic acids is 1. The maximum atomic E-state index is 12.0. The first kappa shape index (κ1) is 23.9. The van der Waals surface area contributed by atoms with Crippen molar-refractivity contribution >= 4 is 12.1 Å². The third-order valence-corrected chi connectivity index (χ3v) is 4.55. The monoisotopic (exact) mass is 394 g/mol. The van der Waals surface area contributed by atoms with E-state index >= 15 is 0 Å². The molecular weight excluding hydrogens is 360 g/mol. The summed E-state index contributed by atoms with van der Waals surface area (Å²) < 4.78 is 5.27. The van der Waals surface area contributed by atoms with Crippen LogP contribution in [0.4, 0.5) is 4.79 Å². The number of benzene rings is 1. The number of amides is 1. The quantitative estimate of drug-likeness (QED) is 0.723. The molecule has 1 aromatic carbocycles. The highest BCUT2D eigenvalue weighted by Crippen LogP contribution is 2.26. The molecule has 0 spiro atoms. The summed E-state index contributed by atoms with van der Waals surface area (Å²) >= 11 is 0. The number of hydrogen-bond acceptors (Lipinski definition) is 5. The summed E-state index contributed by atoms with van der Waals surface area (Å²) in [5, 5.41) is 19.0. The van der Waals surface area contributed by atoms with Gasteiger partial charge in [-0.15, -0.1) is 0 Å². The minimum absolute atomic E-state index is 0.159. The molecule has 1 aliphatic heterocycles. The normalized spacial score (nSPS) is 19.8. The molecule has 1 aromatic rings. The van der Waals surface area contributed by atoms with Crippen molar-refractivity contribution in [1.29, 1.82) is 0 Å². The van der Waals surface area contributed by atoms with Crippen LogP contribution in [0.2, 0.25) is 0 Å². The van der Waals surface area contributed by atoms with Crippen LogP contribution >= 0.6 is 0 Å². The van der Waals surface area contributed by atoms with Crippen LogP contribution in [0.1, 0.15) is 59.1 Å². The van der Waals surface area contributed by atoms with Gasteiger partial charge in [0.1, 0.15) is 5.60 Å². The van der Waals surface area contributed by atoms with Crippen LogP contribution in [0.25, 0.3) is 0 Å². The second-order valence-corrected chi connectivity index (χ2v) is 8.20. The lowest BCUT2D eigenvalue weighted by atomic mass is 9.96. The molecule has 0 aromatic heterocycles. The second-order valence-electron chi connectivity index (χ2n) is 8.20. The Morgan fingerprint density at radius 1 is 1.21 bits per heavy atom. The molecule has 158 valence electrons. The first-order valence-electron chi connectivity index (χ1n) is 9.65. The summed E-state index contributed by atoms with van der Waals surface area (Å²) in [5.41, 5.74) is 6.20. The fourth-order valence-electron chi connectivity index (χ4n) is 2.93. The molecule has 1 aliphatic rings. The van der Waals surface area contributed by atoms with E-state index in [0.717, 1.165) is 6.42 Å². The van der Waals surface area contributed by atoms with E-state index in [9.17, 15) is 14.7 Å². The molecule has 1 heterocycles. The molecule has 0 radical (unpaired) electrons. The zero-order chi connectivity index (χ0) is 21.5. The summed E-state index contributed by atoms with van der Waals surface area (Å²) in [5.74, 6) is -1.98. The highest BCUT2D eigenvalue weighted by Gasteiger charge is 2.40. The van der Waals surface area contributed by atoms with E-state index in [1.807, 2.05) is 37.3 Å². The first-order valence-corrected chi connectivity index (χ1v) is 9.65. The van der Waals surface area contributed by atoms with Crippen LogP contribution in [-0.4, -0.2) is 51.5 Å². The van der Waals surface area contributed by atoms with Crippen LogP contribution in [0.3, 0.4) is 0 Å². The predicted molar refractivity (Wildman–Crippen MR) is 108 cm³/mol. The van der Waals surface area contributed by atoms with Gasteiger partial charge in [0.15, 0.2) is 0 Å². The summed E-state index contributed by atoms with van der Waals surface area (Å²) in [6.07, 6.45) is -0.232. The molecule has 2 rings (SSSR count). The number of nitrogens with two attached hydrogens (primary N) is 1. The Hall–Kier alpha value is -2.12. The van der Waals surface area contributed by atoms with Gasteiger partial charge >= 0.3 is 12.1 Å². The lowest BCUT2D eigenvalue weighted by Gasteiger charge is -2.32. The molecule has 0 aliphatic carbocycles. The Bertz CT molecular complexity index is 627. The van der Waals surface area contributed by atoms with Crippen molar-refractivity contribution in [3.63, 3.8) is 0 Å². The van der Waals surface area contributed by atoms with Crippen molar-refractivity contribution in [2.24, 2.45) is 11.7 Å². The Labute approximate surface area is 167 Å². The zero-order valence-electron chi connectivity index (χ0n) is 17.5. The van der Waals surface area contributed by atoms with E-state index in [-0.39, 0.29) is 6.04 Å². The molecule has 4 N–H and O–H groups in total. The third-order valence-electron chi connectivity index (χ3n) is 4.55. The molecule has 7 nitrogen and oxygen atoms in total. The summed E-state index contributed by atoms with van der Waals surface area (Å²) in [4.78, 5) is 24.4. The van der Waals surface area contributed by atoms with Gasteiger partial charge in [0, 0.05) is 12.6 Å². The van der Waals surface area contributed by atoms with Crippen molar-refractivity contribution in [3.05, 3.63) is 35.9 Å². The van der Waals surface area contributed by atoms with Crippen LogP contribution in [0, 0.1) is 5.92 Å². The number of carbonyl (C=O) groups is 2. The molecular formula is C21H34N2O5. The number of carboxylic acid groups (broad SMARTS) is 1. The van der Waals surface area contributed by atoms with Crippen molar-refractivity contribution in [2.45, 2.75) is 71.2 Å². The summed E-state index contributed by atoms with van der Waals surface area (Å²) in [6.45, 7) is 9.22. The van der Waals surface area contributed by atoms with Gasteiger partial charge in [-0.1, -0.05) is 30.3 Å². The fourth-order valence-corrected chi connectivity index (χ4v) is 2.93. The lowest BCUT2D eigenvalue weighted by molar-refractivity contribution is -0.146. The number of aliphatic hydroxyl groups is 1. The van der Waals surface area contributed by atoms with Crippen LogP contribution in [0.15, 0.2) is 30.3 Å². The Balaban J connectivity index is 0.000000362. The van der Waals surface area contributed by atoms with Crippen molar-refractivity contribution in [1.82, 2.24) is 4.90 Å². The minimum Gasteiger partial charge on any atom is -0.481 e. The van der Waals surface area contributed by atoms with Gasteiger partial charge in [-0.2, -0.15) is 0 Å². The molecule has 7 heteroatoms. The van der Waals surface area contributed by atoms with Crippen molar-refractivity contribution < 1.29 is 24.5 Å². The number of nitrogens with zero attached hydrogens (tertiary/aromatic N) is 1. The molecule has 0 saturated carbocycles. The van der Waals surface area contributed by atoms with Crippen molar-refractivity contribution in [2.75, 3.05) is 6.54 Å². The van der Waals surface area contributed by atoms with E-state index in [1.165, 1.54) is 17.4 Å². The van der Waals surface area contributed by atoms with Gasteiger partial charge in [0.25, 0.3) is 0 Å². The van der Waals surface area contributed by atoms with Crippen molar-refractivity contribution in [3.8, 4) is 0 Å². The standard InChI is InChI=1S/C13H23NO5.C8H11N/c1-8(11(16)17)10(15)9-6-5-7-14(9)12(18)19-13(2,3)4;1-7(9)8-5-3-2-4-6-8/h8-10,15H,5-7H2,1-4H3,(H,16,17);2-7H,9H2,1H3/t8-,9+,10-;7-/m11/s1. The smallest absolute Gasteiger partial charge is 0.410 e. The number of aliphatic hydroxyl groups excluding tert-OH is 1. The molecule has 0 unspecified atom stereocenters. The SMILES string of the molecule is C[C@@H](C(=O)O)[C@@H](O)[C@@H]1CCCN1C(=O)OC(C)(C)C.C[C@@H](N)c1ccccc1. The van der Waals surface area contributed by atoms with E-state index in [0.29, 0.717) is 13.0 Å². The van der Waals surface area contributed by atoms with E-state index in [1.54, 1.807) is 20.8 Å². The number of aliphatic carboxylic acids is 1. The topological polar surface area (TPSA) is 113 Å². The molecule has 1 saturated heterocycles. The Morgan fingerprint density at radius 3 is 2.21 bits per heavy atom. The average Bonchev–Trinajstić information content (AvgIpc) is 3.10. The van der Waals surface area contributed by atoms with Gasteiger partial charge in [-0.3, -0.25) is 4.79 Å². The van der Waals surface area contributed by atoms with Crippen LogP contribution < -0.4 is 5.73 Å². The maximum Gasteiger partial charge on any atom is 0.410 e. The molecule has 28 heavy (non-hydrogen) atoms. The number of ether oxygens (including phenoxy) is 1. The first-order chi connectivity index (χ1) is 12.9. The van der Waals surface area contributed by atoms with E-state index in [2.05, 4.69) is 0 Å². The number of likely N-dealkylation sites (tertiary alicyclic amines) is 1. The Morgan fingerprint density at radius 2 is 1.79 bits per heavy atom. The van der Waals surface area contributed by atoms with Gasteiger partial charge in [-0.05, 0) is 53.0 Å². The zero-order valence-corrected chi connectivity index (χ0v) is 17.5. The number of hydrogen-bond donors (Lipinski definition) is 3.